The van der Waals surface area contributed by atoms with Crippen molar-refractivity contribution in [1.29, 1.82) is 0 Å². The summed E-state index contributed by atoms with van der Waals surface area (Å²) in [4.78, 5) is 0. The molecule has 5 fully saturated rings. The SMILES string of the molecule is O[C@@H]1C2OC3(CCCCC3)OC2[C@H]2OC3(CCCCC3)O[C@@H]2[C@H]1OCc1ccccc1. The van der Waals surface area contributed by atoms with E-state index in [1.807, 2.05) is 30.3 Å². The highest BCUT2D eigenvalue weighted by molar-refractivity contribution is 5.14. The third-order valence-electron chi connectivity index (χ3n) is 7.89. The van der Waals surface area contributed by atoms with Crippen LogP contribution in [-0.4, -0.2) is 53.3 Å². The molecule has 1 N–H and O–H groups in total. The van der Waals surface area contributed by atoms with Gasteiger partial charge in [-0.1, -0.05) is 43.2 Å². The molecule has 2 aliphatic heterocycles. The minimum absolute atomic E-state index is 0.270. The fourth-order valence-electron chi connectivity index (χ4n) is 6.34. The Bertz CT molecular complexity index is 757. The van der Waals surface area contributed by atoms with E-state index in [2.05, 4.69) is 0 Å². The normalized spacial score (nSPS) is 40.7. The number of hydrogen-bond donors (Lipinski definition) is 1. The van der Waals surface area contributed by atoms with Gasteiger partial charge in [0.2, 0.25) is 0 Å². The van der Waals surface area contributed by atoms with Gasteiger partial charge in [0.05, 0.1) is 6.61 Å². The van der Waals surface area contributed by atoms with E-state index >= 15 is 0 Å². The van der Waals surface area contributed by atoms with Crippen molar-refractivity contribution in [3.05, 3.63) is 35.9 Å². The molecule has 6 nitrogen and oxygen atoms in total. The van der Waals surface area contributed by atoms with Crippen LogP contribution in [0.25, 0.3) is 0 Å². The van der Waals surface area contributed by atoms with Gasteiger partial charge in [0.1, 0.15) is 36.6 Å². The summed E-state index contributed by atoms with van der Waals surface area (Å²) in [7, 11) is 0. The van der Waals surface area contributed by atoms with Crippen LogP contribution in [0.3, 0.4) is 0 Å². The van der Waals surface area contributed by atoms with Crippen LogP contribution < -0.4 is 0 Å². The van der Waals surface area contributed by atoms with E-state index in [0.717, 1.165) is 56.9 Å². The fraction of sp³-hybridized carbons (Fsp3) is 0.760. The lowest BCUT2D eigenvalue weighted by Gasteiger charge is -2.40. The molecule has 1 aromatic carbocycles. The van der Waals surface area contributed by atoms with Gasteiger partial charge in [0.15, 0.2) is 11.6 Å². The standard InChI is InChI=1S/C25H34O6/c26-18-19(27-16-17-10-4-1-5-11-17)21-23(31-25(29-21)14-8-3-9-15-25)22-20(18)28-24(30-22)12-6-2-7-13-24/h1,4-5,10-11,18-23,26H,2-3,6-9,12-16H2/t18-,19-,20?,21+,22?,23-/m0/s1. The number of ether oxygens (including phenoxy) is 5. The second kappa shape index (κ2) is 8.08. The molecule has 5 aliphatic rings. The first kappa shape index (κ1) is 20.6. The van der Waals surface area contributed by atoms with E-state index in [1.165, 1.54) is 12.8 Å². The van der Waals surface area contributed by atoms with E-state index in [-0.39, 0.29) is 18.3 Å². The molecule has 6 rings (SSSR count). The van der Waals surface area contributed by atoms with E-state index in [4.69, 9.17) is 23.7 Å². The lowest BCUT2D eigenvalue weighted by atomic mass is 9.85. The molecule has 2 unspecified atom stereocenters. The van der Waals surface area contributed by atoms with Crippen molar-refractivity contribution in [2.75, 3.05) is 0 Å². The predicted octanol–water partition coefficient (Wildman–Crippen LogP) is 3.84. The Hall–Kier alpha value is -1.02. The summed E-state index contributed by atoms with van der Waals surface area (Å²) in [6.07, 6.45) is 7.70. The van der Waals surface area contributed by atoms with E-state index < -0.39 is 29.9 Å². The summed E-state index contributed by atoms with van der Waals surface area (Å²) in [5.41, 5.74) is 1.08. The van der Waals surface area contributed by atoms with E-state index in [9.17, 15) is 5.11 Å². The monoisotopic (exact) mass is 430 g/mol. The molecule has 6 atom stereocenters. The number of aliphatic hydroxyl groups is 1. The number of aliphatic hydroxyl groups excluding tert-OH is 1. The number of fused-ring (bicyclic) bond motifs is 3. The predicted molar refractivity (Wildman–Crippen MR) is 112 cm³/mol. The molecule has 31 heavy (non-hydrogen) atoms. The Morgan fingerprint density at radius 2 is 1.23 bits per heavy atom. The summed E-state index contributed by atoms with van der Waals surface area (Å²) < 4.78 is 32.6. The molecule has 0 radical (unpaired) electrons. The second-order valence-electron chi connectivity index (χ2n) is 10.0. The molecule has 0 amide bonds. The lowest BCUT2D eigenvalue weighted by Crippen LogP contribution is -2.62. The molecular formula is C25H34O6. The topological polar surface area (TPSA) is 66.4 Å². The van der Waals surface area contributed by atoms with Crippen LogP contribution in [0.2, 0.25) is 0 Å². The highest BCUT2D eigenvalue weighted by Gasteiger charge is 2.66. The zero-order valence-electron chi connectivity index (χ0n) is 18.1. The van der Waals surface area contributed by atoms with Gasteiger partial charge in [0.25, 0.3) is 0 Å². The van der Waals surface area contributed by atoms with Gasteiger partial charge in [-0.3, -0.25) is 0 Å². The molecule has 170 valence electrons. The first-order valence-electron chi connectivity index (χ1n) is 12.2. The van der Waals surface area contributed by atoms with Crippen LogP contribution in [-0.2, 0) is 30.3 Å². The summed E-state index contributed by atoms with van der Waals surface area (Å²) in [6.45, 7) is 0.422. The summed E-state index contributed by atoms with van der Waals surface area (Å²) >= 11 is 0. The molecule has 0 bridgehead atoms. The lowest BCUT2D eigenvalue weighted by molar-refractivity contribution is -0.227. The van der Waals surface area contributed by atoms with Crippen molar-refractivity contribution < 1.29 is 28.8 Å². The smallest absolute Gasteiger partial charge is 0.169 e. The summed E-state index contributed by atoms with van der Waals surface area (Å²) in [6, 6.07) is 10.1. The minimum Gasteiger partial charge on any atom is -0.387 e. The quantitative estimate of drug-likeness (QED) is 0.786. The third kappa shape index (κ3) is 3.65. The van der Waals surface area contributed by atoms with Crippen LogP contribution in [0, 0.1) is 0 Å². The summed E-state index contributed by atoms with van der Waals surface area (Å²) in [5, 5.41) is 11.4. The van der Waals surface area contributed by atoms with Gasteiger partial charge in [-0.05, 0) is 31.2 Å². The number of benzene rings is 1. The second-order valence-corrected chi connectivity index (χ2v) is 10.0. The van der Waals surface area contributed by atoms with E-state index in [1.54, 1.807) is 0 Å². The molecule has 2 saturated heterocycles. The first-order chi connectivity index (χ1) is 15.2. The van der Waals surface area contributed by atoms with Gasteiger partial charge >= 0.3 is 0 Å². The van der Waals surface area contributed by atoms with Crippen LogP contribution >= 0.6 is 0 Å². The highest BCUT2D eigenvalue weighted by Crippen LogP contribution is 2.51. The van der Waals surface area contributed by atoms with Crippen molar-refractivity contribution in [3.63, 3.8) is 0 Å². The average Bonchev–Trinajstić information content (AvgIpc) is 3.34. The molecule has 2 spiro atoms. The average molecular weight is 431 g/mol. The van der Waals surface area contributed by atoms with Gasteiger partial charge in [-0.25, -0.2) is 0 Å². The molecule has 6 heteroatoms. The number of hydrogen-bond acceptors (Lipinski definition) is 6. The van der Waals surface area contributed by atoms with Gasteiger partial charge in [-0.2, -0.15) is 0 Å². The zero-order valence-corrected chi connectivity index (χ0v) is 18.1. The third-order valence-corrected chi connectivity index (χ3v) is 7.89. The Labute approximate surface area is 184 Å². The Morgan fingerprint density at radius 3 is 1.84 bits per heavy atom. The molecular weight excluding hydrogens is 396 g/mol. The Kier molecular flexibility index (Phi) is 5.37. The molecule has 1 aromatic rings. The maximum Gasteiger partial charge on any atom is 0.169 e. The van der Waals surface area contributed by atoms with Crippen LogP contribution in [0.15, 0.2) is 30.3 Å². The number of rotatable bonds is 3. The molecule has 3 saturated carbocycles. The largest absolute Gasteiger partial charge is 0.387 e. The summed E-state index contributed by atoms with van der Waals surface area (Å²) in [5.74, 6) is -1.15. The van der Waals surface area contributed by atoms with Crippen molar-refractivity contribution in [1.82, 2.24) is 0 Å². The van der Waals surface area contributed by atoms with Crippen molar-refractivity contribution in [2.45, 2.75) is 119 Å². The van der Waals surface area contributed by atoms with Gasteiger partial charge in [0, 0.05) is 25.7 Å². The van der Waals surface area contributed by atoms with Gasteiger partial charge in [-0.15, -0.1) is 0 Å². The van der Waals surface area contributed by atoms with Crippen LogP contribution in [0.4, 0.5) is 0 Å². The van der Waals surface area contributed by atoms with E-state index in [0.29, 0.717) is 6.61 Å². The molecule has 0 aromatic heterocycles. The van der Waals surface area contributed by atoms with Crippen molar-refractivity contribution in [3.8, 4) is 0 Å². The maximum absolute atomic E-state index is 11.4. The van der Waals surface area contributed by atoms with Crippen LogP contribution in [0.1, 0.15) is 69.8 Å². The fourth-order valence-corrected chi connectivity index (χ4v) is 6.34. The van der Waals surface area contributed by atoms with Crippen molar-refractivity contribution in [2.24, 2.45) is 0 Å². The Morgan fingerprint density at radius 1 is 0.710 bits per heavy atom. The van der Waals surface area contributed by atoms with Gasteiger partial charge < -0.3 is 28.8 Å². The Balaban J connectivity index is 1.28. The zero-order chi connectivity index (χ0) is 20.9. The molecule has 3 aliphatic carbocycles. The first-order valence-corrected chi connectivity index (χ1v) is 12.2. The molecule has 2 heterocycles. The highest BCUT2D eigenvalue weighted by atomic mass is 16.8. The minimum atomic E-state index is -0.807. The van der Waals surface area contributed by atoms with Crippen LogP contribution in [0.5, 0.6) is 0 Å². The maximum atomic E-state index is 11.4. The van der Waals surface area contributed by atoms with Crippen molar-refractivity contribution >= 4 is 0 Å².